The molecule has 0 aromatic heterocycles. The molecule has 0 saturated heterocycles. The molecule has 7 aromatic rings. The summed E-state index contributed by atoms with van der Waals surface area (Å²) >= 11 is 0. The molecule has 1 nitrogen and oxygen atoms in total. The SMILES string of the molecule is C/C(=N\C(=C/C(C1C=C1)C1C=CC=CC1)c1ccc(-c2ccc3c(c2)C2(c4ccccc4-c4ccccc4-c4ccccc42)c2ccccc2-3)cc1)c1ccccc1. The normalized spacial score (nSPS) is 17.5. The van der Waals surface area contributed by atoms with Gasteiger partial charge in [-0.15, -0.1) is 0 Å². The molecule has 276 valence electrons. The minimum absolute atomic E-state index is 0.356. The lowest BCUT2D eigenvalue weighted by Gasteiger charge is -2.35. The van der Waals surface area contributed by atoms with Crippen LogP contribution in [0.2, 0.25) is 0 Å². The molecule has 0 N–H and O–H groups in total. The molecule has 7 aromatic carbocycles. The molecule has 11 rings (SSSR count). The van der Waals surface area contributed by atoms with Crippen LogP contribution in [0.5, 0.6) is 0 Å². The summed E-state index contributed by atoms with van der Waals surface area (Å²) in [7, 11) is 0. The van der Waals surface area contributed by atoms with Gasteiger partial charge in [-0.1, -0.05) is 206 Å². The van der Waals surface area contributed by atoms with Crippen molar-refractivity contribution in [2.24, 2.45) is 22.7 Å². The average molecular weight is 742 g/mol. The summed E-state index contributed by atoms with van der Waals surface area (Å²) in [6.45, 7) is 2.13. The molecule has 0 fully saturated rings. The Kier molecular flexibility index (Phi) is 8.29. The number of nitrogens with zero attached hydrogens (tertiary/aromatic N) is 1. The molecule has 0 heterocycles. The first-order valence-electron chi connectivity index (χ1n) is 20.7. The number of hydrogen-bond acceptors (Lipinski definition) is 1. The quantitative estimate of drug-likeness (QED) is 0.114. The van der Waals surface area contributed by atoms with Crippen LogP contribution in [0.3, 0.4) is 0 Å². The number of rotatable bonds is 7. The molecule has 2 unspecified atom stereocenters. The molecular weight excluding hydrogens is 699 g/mol. The molecule has 1 spiro atoms. The molecule has 1 heteroatoms. The Bertz CT molecular complexity index is 2810. The van der Waals surface area contributed by atoms with Crippen LogP contribution in [-0.2, 0) is 5.41 Å². The monoisotopic (exact) mass is 741 g/mol. The van der Waals surface area contributed by atoms with Gasteiger partial charge in [-0.25, -0.2) is 0 Å². The van der Waals surface area contributed by atoms with Crippen LogP contribution in [-0.4, -0.2) is 5.71 Å². The molecule has 0 aliphatic heterocycles. The first kappa shape index (κ1) is 34.4. The zero-order chi connectivity index (χ0) is 38.6. The summed E-state index contributed by atoms with van der Waals surface area (Å²) in [5.41, 5.74) is 19.3. The van der Waals surface area contributed by atoms with Gasteiger partial charge in [0, 0.05) is 11.6 Å². The lowest BCUT2D eigenvalue weighted by molar-refractivity contribution is 0.447. The number of benzene rings is 7. The van der Waals surface area contributed by atoms with E-state index in [9.17, 15) is 0 Å². The Morgan fingerprint density at radius 2 is 1.05 bits per heavy atom. The number of aliphatic imine (C=N–C) groups is 1. The lowest BCUT2D eigenvalue weighted by atomic mass is 9.65. The van der Waals surface area contributed by atoms with Gasteiger partial charge in [0.05, 0.1) is 11.1 Å². The molecule has 4 aliphatic rings. The van der Waals surface area contributed by atoms with Gasteiger partial charge in [-0.05, 0) is 109 Å². The third-order valence-corrected chi connectivity index (χ3v) is 12.9. The summed E-state index contributed by atoms with van der Waals surface area (Å²) < 4.78 is 0. The van der Waals surface area contributed by atoms with E-state index >= 15 is 0 Å². The fourth-order valence-electron chi connectivity index (χ4n) is 10.1. The van der Waals surface area contributed by atoms with Gasteiger partial charge in [0.1, 0.15) is 0 Å². The van der Waals surface area contributed by atoms with E-state index in [1.807, 2.05) is 0 Å². The van der Waals surface area contributed by atoms with Gasteiger partial charge in [0.2, 0.25) is 0 Å². The second-order valence-electron chi connectivity index (χ2n) is 16.1. The highest BCUT2D eigenvalue weighted by Crippen LogP contribution is 2.61. The van der Waals surface area contributed by atoms with Crippen molar-refractivity contribution in [3.63, 3.8) is 0 Å². The van der Waals surface area contributed by atoms with E-state index in [2.05, 4.69) is 219 Å². The Balaban J connectivity index is 1.06. The Morgan fingerprint density at radius 3 is 1.64 bits per heavy atom. The molecule has 0 bridgehead atoms. The molecule has 0 amide bonds. The molecule has 0 saturated carbocycles. The van der Waals surface area contributed by atoms with Crippen molar-refractivity contribution in [2.45, 2.75) is 18.8 Å². The van der Waals surface area contributed by atoms with Crippen LogP contribution in [0.4, 0.5) is 0 Å². The van der Waals surface area contributed by atoms with E-state index in [-0.39, 0.29) is 0 Å². The van der Waals surface area contributed by atoms with Crippen LogP contribution in [0.15, 0.2) is 217 Å². The van der Waals surface area contributed by atoms with Crippen molar-refractivity contribution in [1.82, 2.24) is 0 Å². The second-order valence-corrected chi connectivity index (χ2v) is 16.1. The van der Waals surface area contributed by atoms with Crippen molar-refractivity contribution >= 4 is 11.4 Å². The number of allylic oxidation sites excluding steroid dienone is 7. The Morgan fingerprint density at radius 1 is 0.517 bits per heavy atom. The topological polar surface area (TPSA) is 12.4 Å². The van der Waals surface area contributed by atoms with Gasteiger partial charge in [0.25, 0.3) is 0 Å². The highest BCUT2D eigenvalue weighted by Gasteiger charge is 2.49. The highest BCUT2D eigenvalue weighted by molar-refractivity contribution is 6.02. The first-order valence-corrected chi connectivity index (χ1v) is 20.7. The van der Waals surface area contributed by atoms with Crippen molar-refractivity contribution in [3.05, 3.63) is 246 Å². The molecule has 0 radical (unpaired) electrons. The summed E-state index contributed by atoms with van der Waals surface area (Å²) in [6.07, 6.45) is 17.2. The van der Waals surface area contributed by atoms with Crippen molar-refractivity contribution in [3.8, 4) is 44.5 Å². The summed E-state index contributed by atoms with van der Waals surface area (Å²) in [5.74, 6) is 1.27. The summed E-state index contributed by atoms with van der Waals surface area (Å²) in [5, 5.41) is 0. The predicted octanol–water partition coefficient (Wildman–Crippen LogP) is 14.1. The van der Waals surface area contributed by atoms with Crippen LogP contribution in [0, 0.1) is 17.8 Å². The van der Waals surface area contributed by atoms with Crippen molar-refractivity contribution in [1.29, 1.82) is 0 Å². The number of hydrogen-bond donors (Lipinski definition) is 0. The van der Waals surface area contributed by atoms with Gasteiger partial charge < -0.3 is 0 Å². The predicted molar refractivity (Wildman–Crippen MR) is 243 cm³/mol. The fourth-order valence-corrected chi connectivity index (χ4v) is 10.1. The van der Waals surface area contributed by atoms with Crippen LogP contribution in [0.1, 0.15) is 46.7 Å². The van der Waals surface area contributed by atoms with Gasteiger partial charge in [0.15, 0.2) is 0 Å². The zero-order valence-corrected chi connectivity index (χ0v) is 32.6. The van der Waals surface area contributed by atoms with Gasteiger partial charge in [-0.3, -0.25) is 4.99 Å². The maximum Gasteiger partial charge on any atom is 0.0725 e. The standard InChI is InChI=1S/C57H43N/c1-38(39-16-4-2-5-17-39)58-56(37-51(42-30-31-42)41-18-6-3-7-19-41)43-32-28-40(29-33-43)44-34-35-50-49-24-12-15-27-54(49)57(55(50)36-44)52-25-13-10-22-47(52)45-20-8-9-21-46(45)48-23-11-14-26-53(48)57/h2-18,20-37,41-42,51H,19H2,1H3/b56-37-,58-38+. The first-order chi connectivity index (χ1) is 28.7. The van der Waals surface area contributed by atoms with Crippen LogP contribution in [0.25, 0.3) is 50.2 Å². The minimum Gasteiger partial charge on any atom is -0.253 e. The van der Waals surface area contributed by atoms with E-state index in [1.165, 1.54) is 66.8 Å². The lowest BCUT2D eigenvalue weighted by Crippen LogP contribution is -2.29. The third kappa shape index (κ3) is 5.57. The Hall–Kier alpha value is -6.83. The highest BCUT2D eigenvalue weighted by atomic mass is 14.8. The largest absolute Gasteiger partial charge is 0.253 e. The molecule has 4 aliphatic carbocycles. The van der Waals surface area contributed by atoms with E-state index < -0.39 is 5.41 Å². The van der Waals surface area contributed by atoms with E-state index in [4.69, 9.17) is 4.99 Å². The maximum atomic E-state index is 5.37. The van der Waals surface area contributed by atoms with E-state index in [0.717, 1.165) is 29.0 Å². The van der Waals surface area contributed by atoms with Gasteiger partial charge in [-0.2, -0.15) is 0 Å². The zero-order valence-electron chi connectivity index (χ0n) is 32.6. The van der Waals surface area contributed by atoms with E-state index in [1.54, 1.807) is 0 Å². The summed E-state index contributed by atoms with van der Waals surface area (Å²) in [4.78, 5) is 5.37. The average Bonchev–Trinajstić information content (AvgIpc) is 4.11. The molecule has 2 atom stereocenters. The maximum absolute atomic E-state index is 5.37. The van der Waals surface area contributed by atoms with Crippen molar-refractivity contribution < 1.29 is 0 Å². The second kappa shape index (κ2) is 14.0. The minimum atomic E-state index is -0.498. The fraction of sp³-hybridized carbons (Fsp3) is 0.105. The van der Waals surface area contributed by atoms with E-state index in [0.29, 0.717) is 17.8 Å². The van der Waals surface area contributed by atoms with Crippen molar-refractivity contribution in [2.75, 3.05) is 0 Å². The Labute approximate surface area is 341 Å². The molecular formula is C57H43N. The van der Waals surface area contributed by atoms with Gasteiger partial charge >= 0.3 is 0 Å². The number of fused-ring (bicyclic) bond motifs is 12. The van der Waals surface area contributed by atoms with Crippen LogP contribution < -0.4 is 0 Å². The smallest absolute Gasteiger partial charge is 0.0725 e. The third-order valence-electron chi connectivity index (χ3n) is 12.9. The van der Waals surface area contributed by atoms with Crippen LogP contribution >= 0.6 is 0 Å². The summed E-state index contributed by atoms with van der Waals surface area (Å²) in [6, 6.07) is 63.1. The molecule has 58 heavy (non-hydrogen) atoms.